The molecule has 3 aliphatic carbocycles. The molecule has 2 nitrogen and oxygen atoms in total. The Labute approximate surface area is 83.3 Å². The van der Waals surface area contributed by atoms with Gasteiger partial charge < -0.3 is 5.11 Å². The minimum atomic E-state index is -0.854. The van der Waals surface area contributed by atoms with Crippen LogP contribution in [0.2, 0.25) is 0 Å². The molecule has 0 radical (unpaired) electrons. The molecule has 3 rings (SSSR count). The average molecular weight is 190 g/mol. The Hall–Kier alpha value is -0.890. The molecule has 74 valence electrons. The first-order valence-electron chi connectivity index (χ1n) is 5.29. The highest BCUT2D eigenvalue weighted by molar-refractivity contribution is 6.02. The van der Waals surface area contributed by atoms with Gasteiger partial charge >= 0.3 is 0 Å². The number of fused-ring (bicyclic) bond motifs is 3. The molecule has 0 aromatic carbocycles. The quantitative estimate of drug-likeness (QED) is 0.589. The second-order valence-corrected chi connectivity index (χ2v) is 4.74. The molecule has 0 spiro atoms. The van der Waals surface area contributed by atoms with Gasteiger partial charge in [0.2, 0.25) is 0 Å². The standard InChI is InChI=1S/C12H14O2/c1-7-6-12(14)9-4-2-3-8(9)5-10(12)11(7)13/h5-6,9-10,14H,2-4H2,1H3/t9-,10-,12+/m1/s1. The monoisotopic (exact) mass is 190 g/mol. The molecule has 0 heterocycles. The van der Waals surface area contributed by atoms with E-state index in [1.807, 2.05) is 6.08 Å². The van der Waals surface area contributed by atoms with E-state index in [9.17, 15) is 9.90 Å². The first-order valence-corrected chi connectivity index (χ1v) is 5.29. The molecule has 0 unspecified atom stereocenters. The summed E-state index contributed by atoms with van der Waals surface area (Å²) in [6.45, 7) is 1.81. The van der Waals surface area contributed by atoms with Gasteiger partial charge in [-0.1, -0.05) is 11.6 Å². The minimum absolute atomic E-state index is 0.120. The van der Waals surface area contributed by atoms with E-state index < -0.39 is 5.60 Å². The van der Waals surface area contributed by atoms with Gasteiger partial charge in [-0.2, -0.15) is 0 Å². The van der Waals surface area contributed by atoms with Crippen LogP contribution in [0.1, 0.15) is 26.2 Å². The number of rotatable bonds is 0. The molecule has 0 bridgehead atoms. The third kappa shape index (κ3) is 0.782. The molecule has 0 aromatic heterocycles. The molecule has 0 aliphatic heterocycles. The van der Waals surface area contributed by atoms with Gasteiger partial charge in [-0.25, -0.2) is 0 Å². The molecule has 1 saturated carbocycles. The van der Waals surface area contributed by atoms with E-state index in [1.165, 1.54) is 5.57 Å². The van der Waals surface area contributed by atoms with Crippen LogP contribution >= 0.6 is 0 Å². The van der Waals surface area contributed by atoms with Crippen molar-refractivity contribution in [2.24, 2.45) is 11.8 Å². The number of Topliss-reactive ketones (excluding diaryl/α,β-unsaturated/α-hetero) is 1. The van der Waals surface area contributed by atoms with Crippen LogP contribution in [0.25, 0.3) is 0 Å². The number of carbonyl (C=O) groups is 1. The predicted molar refractivity (Wildman–Crippen MR) is 52.6 cm³/mol. The Morgan fingerprint density at radius 3 is 3.14 bits per heavy atom. The lowest BCUT2D eigenvalue weighted by Crippen LogP contribution is -2.37. The zero-order valence-electron chi connectivity index (χ0n) is 8.29. The average Bonchev–Trinajstić information content (AvgIpc) is 2.72. The second-order valence-electron chi connectivity index (χ2n) is 4.74. The predicted octanol–water partition coefficient (Wildman–Crippen LogP) is 1.60. The summed E-state index contributed by atoms with van der Waals surface area (Å²) in [5.41, 5.74) is 1.20. The van der Waals surface area contributed by atoms with E-state index >= 15 is 0 Å². The van der Waals surface area contributed by atoms with Gasteiger partial charge in [-0.05, 0) is 37.8 Å². The highest BCUT2D eigenvalue weighted by atomic mass is 16.3. The van der Waals surface area contributed by atoms with Gasteiger partial charge in [-0.3, -0.25) is 4.79 Å². The molecule has 1 fully saturated rings. The van der Waals surface area contributed by atoms with Gasteiger partial charge in [0.1, 0.15) is 5.60 Å². The minimum Gasteiger partial charge on any atom is -0.384 e. The van der Waals surface area contributed by atoms with Crippen LogP contribution in [0.3, 0.4) is 0 Å². The maximum absolute atomic E-state index is 11.8. The maximum Gasteiger partial charge on any atom is 0.168 e. The van der Waals surface area contributed by atoms with Crippen molar-refractivity contribution in [1.29, 1.82) is 0 Å². The summed E-state index contributed by atoms with van der Waals surface area (Å²) in [7, 11) is 0. The van der Waals surface area contributed by atoms with Crippen LogP contribution in [0.15, 0.2) is 23.3 Å². The molecule has 3 aliphatic rings. The number of aliphatic hydroxyl groups is 1. The molecule has 0 amide bonds. The highest BCUT2D eigenvalue weighted by Gasteiger charge is 2.55. The van der Waals surface area contributed by atoms with Crippen LogP contribution in [0.5, 0.6) is 0 Å². The van der Waals surface area contributed by atoms with Gasteiger partial charge in [0, 0.05) is 5.92 Å². The van der Waals surface area contributed by atoms with E-state index in [4.69, 9.17) is 0 Å². The van der Waals surface area contributed by atoms with Crippen LogP contribution in [0.4, 0.5) is 0 Å². The van der Waals surface area contributed by atoms with Crippen LogP contribution < -0.4 is 0 Å². The topological polar surface area (TPSA) is 37.3 Å². The molecule has 1 N–H and O–H groups in total. The summed E-state index contributed by atoms with van der Waals surface area (Å²) in [6, 6.07) is 0. The van der Waals surface area contributed by atoms with Crippen molar-refractivity contribution in [1.82, 2.24) is 0 Å². The Morgan fingerprint density at radius 2 is 2.36 bits per heavy atom. The SMILES string of the molecule is CC1=C[C@@]2(O)[C@H](C=C3CCC[C@H]32)C1=O. The van der Waals surface area contributed by atoms with E-state index in [2.05, 4.69) is 0 Å². The zero-order chi connectivity index (χ0) is 9.92. The van der Waals surface area contributed by atoms with Crippen molar-refractivity contribution in [3.63, 3.8) is 0 Å². The molecule has 0 saturated heterocycles. The largest absolute Gasteiger partial charge is 0.384 e. The van der Waals surface area contributed by atoms with Gasteiger partial charge in [0.05, 0.1) is 5.92 Å². The van der Waals surface area contributed by atoms with Crippen molar-refractivity contribution in [2.75, 3.05) is 0 Å². The molecule has 2 heteroatoms. The molecular weight excluding hydrogens is 176 g/mol. The normalized spacial score (nSPS) is 44.9. The molecular formula is C12H14O2. The first kappa shape index (κ1) is 8.42. The van der Waals surface area contributed by atoms with Gasteiger partial charge in [0.15, 0.2) is 5.78 Å². The molecule has 14 heavy (non-hydrogen) atoms. The van der Waals surface area contributed by atoms with Gasteiger partial charge in [0.25, 0.3) is 0 Å². The van der Waals surface area contributed by atoms with E-state index in [0.717, 1.165) is 24.8 Å². The number of hydrogen-bond acceptors (Lipinski definition) is 2. The van der Waals surface area contributed by atoms with E-state index in [1.54, 1.807) is 13.0 Å². The fourth-order valence-electron chi connectivity index (χ4n) is 3.30. The Kier molecular flexibility index (Phi) is 1.43. The lowest BCUT2D eigenvalue weighted by molar-refractivity contribution is -0.121. The Bertz CT molecular complexity index is 378. The van der Waals surface area contributed by atoms with Gasteiger partial charge in [-0.15, -0.1) is 0 Å². The summed E-state index contributed by atoms with van der Waals surface area (Å²) < 4.78 is 0. The summed E-state index contributed by atoms with van der Waals surface area (Å²) in [6.07, 6.45) is 7.08. The fourth-order valence-corrected chi connectivity index (χ4v) is 3.30. The fraction of sp³-hybridized carbons (Fsp3) is 0.583. The van der Waals surface area contributed by atoms with Crippen molar-refractivity contribution < 1.29 is 9.90 Å². The van der Waals surface area contributed by atoms with Crippen LogP contribution in [0, 0.1) is 11.8 Å². The number of ketones is 1. The van der Waals surface area contributed by atoms with Crippen LogP contribution in [-0.4, -0.2) is 16.5 Å². The number of carbonyl (C=O) groups excluding carboxylic acids is 1. The lowest BCUT2D eigenvalue weighted by Gasteiger charge is -2.27. The Morgan fingerprint density at radius 1 is 1.57 bits per heavy atom. The molecule has 3 atom stereocenters. The summed E-state index contributed by atoms with van der Waals surface area (Å²) in [5.74, 6) is 0.0890. The molecule has 0 aromatic rings. The summed E-state index contributed by atoms with van der Waals surface area (Å²) >= 11 is 0. The van der Waals surface area contributed by atoms with Crippen molar-refractivity contribution >= 4 is 5.78 Å². The maximum atomic E-state index is 11.8. The smallest absolute Gasteiger partial charge is 0.168 e. The highest BCUT2D eigenvalue weighted by Crippen LogP contribution is 2.53. The summed E-state index contributed by atoms with van der Waals surface area (Å²) in [5, 5.41) is 10.5. The van der Waals surface area contributed by atoms with Crippen molar-refractivity contribution in [3.8, 4) is 0 Å². The van der Waals surface area contributed by atoms with Crippen LogP contribution in [-0.2, 0) is 4.79 Å². The van der Waals surface area contributed by atoms with E-state index in [-0.39, 0.29) is 17.6 Å². The number of allylic oxidation sites excluding steroid dienone is 1. The van der Waals surface area contributed by atoms with Crippen molar-refractivity contribution in [3.05, 3.63) is 23.3 Å². The number of hydrogen-bond donors (Lipinski definition) is 1. The third-order valence-electron chi connectivity index (χ3n) is 3.96. The lowest BCUT2D eigenvalue weighted by atomic mass is 9.84. The van der Waals surface area contributed by atoms with Crippen molar-refractivity contribution in [2.45, 2.75) is 31.8 Å². The summed E-state index contributed by atoms with van der Waals surface area (Å²) in [4.78, 5) is 11.8. The zero-order valence-corrected chi connectivity index (χ0v) is 8.29. The van der Waals surface area contributed by atoms with E-state index in [0.29, 0.717) is 0 Å². The second kappa shape index (κ2) is 2.37. The first-order chi connectivity index (χ1) is 6.63. The third-order valence-corrected chi connectivity index (χ3v) is 3.96. The Balaban J connectivity index is 2.10.